The minimum absolute atomic E-state index is 0.541. The molecule has 1 aliphatic rings. The van der Waals surface area contributed by atoms with Crippen LogP contribution in [-0.4, -0.2) is 9.55 Å². The Kier molecular flexibility index (Phi) is 5.07. The van der Waals surface area contributed by atoms with E-state index in [-0.39, 0.29) is 0 Å². The molecule has 3 aromatic rings. The molecule has 0 saturated heterocycles. The van der Waals surface area contributed by atoms with Gasteiger partial charge in [-0.25, -0.2) is 4.99 Å². The molecule has 0 spiro atoms. The molecule has 2 heterocycles. The van der Waals surface area contributed by atoms with Crippen LogP contribution >= 0.6 is 11.3 Å². The number of hydrogen-bond donors (Lipinski definition) is 0. The Balaban J connectivity index is 1.84. The van der Waals surface area contributed by atoms with E-state index in [2.05, 4.69) is 45.3 Å². The van der Waals surface area contributed by atoms with Crippen LogP contribution < -0.4 is 4.80 Å². The van der Waals surface area contributed by atoms with Crippen molar-refractivity contribution in [2.75, 3.05) is 0 Å². The highest BCUT2D eigenvalue weighted by molar-refractivity contribution is 7.07. The van der Waals surface area contributed by atoms with Crippen LogP contribution in [0.1, 0.15) is 44.6 Å². The van der Waals surface area contributed by atoms with Gasteiger partial charge in [-0.2, -0.15) is 0 Å². The van der Waals surface area contributed by atoms with E-state index in [4.69, 9.17) is 4.99 Å². The van der Waals surface area contributed by atoms with E-state index in [1.54, 1.807) is 17.5 Å². The molecule has 0 bridgehead atoms. The van der Waals surface area contributed by atoms with Crippen molar-refractivity contribution in [2.24, 2.45) is 4.99 Å². The van der Waals surface area contributed by atoms with Crippen LogP contribution in [0.25, 0.3) is 11.3 Å². The zero-order valence-corrected chi connectivity index (χ0v) is 15.2. The Morgan fingerprint density at radius 1 is 0.960 bits per heavy atom. The molecule has 4 heteroatoms. The predicted molar refractivity (Wildman–Crippen MR) is 104 cm³/mol. The van der Waals surface area contributed by atoms with Crippen LogP contribution in [-0.2, 0) is 0 Å². The standard InChI is InChI=1S/C21H23N3S/c1-2-7-13-19(12-6-1)24-20(17-9-4-3-5-10-17)16-25-21(24)23-18-11-8-14-22-15-18/h3-5,8-11,14-16,19H,1-2,6-7,12-13H2. The van der Waals surface area contributed by atoms with Crippen LogP contribution in [0.3, 0.4) is 0 Å². The summed E-state index contributed by atoms with van der Waals surface area (Å²) in [5.74, 6) is 0. The largest absolute Gasteiger partial charge is 0.313 e. The van der Waals surface area contributed by atoms with E-state index in [1.165, 1.54) is 49.8 Å². The third kappa shape index (κ3) is 3.74. The quantitative estimate of drug-likeness (QED) is 0.555. The van der Waals surface area contributed by atoms with Crippen LogP contribution in [0.15, 0.2) is 65.2 Å². The molecule has 0 N–H and O–H groups in total. The van der Waals surface area contributed by atoms with Crippen molar-refractivity contribution >= 4 is 17.0 Å². The Labute approximate surface area is 152 Å². The summed E-state index contributed by atoms with van der Waals surface area (Å²) in [5, 5.41) is 2.26. The SMILES string of the molecule is c1ccc(-c2csc(=Nc3cccnc3)n2C2CCCCCC2)cc1. The van der Waals surface area contributed by atoms with Gasteiger partial charge >= 0.3 is 0 Å². The summed E-state index contributed by atoms with van der Waals surface area (Å²) in [4.78, 5) is 10.2. The van der Waals surface area contributed by atoms with E-state index in [0.717, 1.165) is 10.5 Å². The van der Waals surface area contributed by atoms with Crippen molar-refractivity contribution in [2.45, 2.75) is 44.6 Å². The number of nitrogens with zero attached hydrogens (tertiary/aromatic N) is 3. The zero-order valence-electron chi connectivity index (χ0n) is 14.3. The average molecular weight is 350 g/mol. The first-order chi connectivity index (χ1) is 12.4. The van der Waals surface area contributed by atoms with Gasteiger partial charge in [-0.3, -0.25) is 4.98 Å². The maximum Gasteiger partial charge on any atom is 0.190 e. The number of hydrogen-bond acceptors (Lipinski definition) is 3. The molecule has 3 nitrogen and oxygen atoms in total. The van der Waals surface area contributed by atoms with Crippen LogP contribution in [0.5, 0.6) is 0 Å². The van der Waals surface area contributed by atoms with Gasteiger partial charge in [0.1, 0.15) is 0 Å². The van der Waals surface area contributed by atoms with E-state index in [9.17, 15) is 0 Å². The highest BCUT2D eigenvalue weighted by Gasteiger charge is 2.19. The fraction of sp³-hybridized carbons (Fsp3) is 0.333. The van der Waals surface area contributed by atoms with E-state index < -0.39 is 0 Å². The molecule has 4 rings (SSSR count). The highest BCUT2D eigenvalue weighted by Crippen LogP contribution is 2.31. The molecule has 0 atom stereocenters. The summed E-state index contributed by atoms with van der Waals surface area (Å²) in [5.41, 5.74) is 3.49. The van der Waals surface area contributed by atoms with Crippen LogP contribution in [0, 0.1) is 0 Å². The van der Waals surface area contributed by atoms with Crippen molar-refractivity contribution in [3.63, 3.8) is 0 Å². The first-order valence-electron chi connectivity index (χ1n) is 9.12. The molecule has 0 aliphatic heterocycles. The minimum atomic E-state index is 0.541. The Bertz CT molecular complexity index is 857. The van der Waals surface area contributed by atoms with Gasteiger partial charge in [0, 0.05) is 17.6 Å². The number of aromatic nitrogens is 2. The Morgan fingerprint density at radius 3 is 2.48 bits per heavy atom. The number of thiazole rings is 1. The van der Waals surface area contributed by atoms with Crippen molar-refractivity contribution in [1.29, 1.82) is 0 Å². The maximum atomic E-state index is 4.91. The first-order valence-corrected chi connectivity index (χ1v) is 10.00. The van der Waals surface area contributed by atoms with Gasteiger partial charge in [0.05, 0.1) is 17.6 Å². The Hall–Kier alpha value is -2.20. The number of rotatable bonds is 3. The third-order valence-corrected chi connectivity index (χ3v) is 5.71. The van der Waals surface area contributed by atoms with Crippen LogP contribution in [0.4, 0.5) is 5.69 Å². The van der Waals surface area contributed by atoms with Crippen molar-refractivity contribution in [3.05, 3.63) is 65.0 Å². The fourth-order valence-corrected chi connectivity index (χ4v) is 4.61. The van der Waals surface area contributed by atoms with E-state index in [1.807, 2.05) is 18.3 Å². The molecule has 0 amide bonds. The number of benzene rings is 1. The molecule has 1 saturated carbocycles. The maximum absolute atomic E-state index is 4.91. The van der Waals surface area contributed by atoms with E-state index >= 15 is 0 Å². The second-order valence-electron chi connectivity index (χ2n) is 6.61. The van der Waals surface area contributed by atoms with Crippen molar-refractivity contribution < 1.29 is 0 Å². The molecule has 1 aliphatic carbocycles. The molecule has 1 fully saturated rings. The first kappa shape index (κ1) is 16.3. The lowest BCUT2D eigenvalue weighted by molar-refractivity contribution is 0.439. The van der Waals surface area contributed by atoms with Gasteiger partial charge < -0.3 is 4.57 Å². The molecule has 0 radical (unpaired) electrons. The molecule has 2 aromatic heterocycles. The van der Waals surface area contributed by atoms with E-state index in [0.29, 0.717) is 6.04 Å². The molecule has 128 valence electrons. The zero-order chi connectivity index (χ0) is 16.9. The second kappa shape index (κ2) is 7.79. The van der Waals surface area contributed by atoms with Gasteiger partial charge in [0.25, 0.3) is 0 Å². The minimum Gasteiger partial charge on any atom is -0.313 e. The van der Waals surface area contributed by atoms with Gasteiger partial charge in [-0.1, -0.05) is 56.0 Å². The van der Waals surface area contributed by atoms with Gasteiger partial charge in [0.15, 0.2) is 4.80 Å². The molecule has 0 unspecified atom stereocenters. The smallest absolute Gasteiger partial charge is 0.190 e. The average Bonchev–Trinajstić information content (AvgIpc) is 2.89. The summed E-state index contributed by atoms with van der Waals surface area (Å²) in [6.07, 6.45) is 11.5. The molecule has 1 aromatic carbocycles. The van der Waals surface area contributed by atoms with Gasteiger partial charge in [0.2, 0.25) is 0 Å². The number of pyridine rings is 1. The molecule has 25 heavy (non-hydrogen) atoms. The van der Waals surface area contributed by atoms with Crippen molar-refractivity contribution in [3.8, 4) is 11.3 Å². The highest BCUT2D eigenvalue weighted by atomic mass is 32.1. The summed E-state index contributed by atoms with van der Waals surface area (Å²) >= 11 is 1.73. The predicted octanol–water partition coefficient (Wildman–Crippen LogP) is 5.74. The fourth-order valence-electron chi connectivity index (χ4n) is 3.62. The van der Waals surface area contributed by atoms with Gasteiger partial charge in [-0.05, 0) is 30.5 Å². The lowest BCUT2D eigenvalue weighted by Gasteiger charge is -2.20. The second-order valence-corrected chi connectivity index (χ2v) is 7.44. The van der Waals surface area contributed by atoms with Gasteiger partial charge in [-0.15, -0.1) is 11.3 Å². The topological polar surface area (TPSA) is 30.2 Å². The molecular weight excluding hydrogens is 326 g/mol. The normalized spacial score (nSPS) is 16.7. The summed E-state index contributed by atoms with van der Waals surface area (Å²) in [7, 11) is 0. The third-order valence-electron chi connectivity index (χ3n) is 4.87. The summed E-state index contributed by atoms with van der Waals surface area (Å²) in [6.45, 7) is 0. The Morgan fingerprint density at radius 2 is 1.76 bits per heavy atom. The monoisotopic (exact) mass is 349 g/mol. The summed E-state index contributed by atoms with van der Waals surface area (Å²) < 4.78 is 2.48. The van der Waals surface area contributed by atoms with Crippen molar-refractivity contribution in [1.82, 2.24) is 9.55 Å². The lowest BCUT2D eigenvalue weighted by atomic mass is 10.1. The van der Waals surface area contributed by atoms with Crippen LogP contribution in [0.2, 0.25) is 0 Å². The lowest BCUT2D eigenvalue weighted by Crippen LogP contribution is -2.21. The summed E-state index contributed by atoms with van der Waals surface area (Å²) in [6, 6.07) is 15.2. The molecular formula is C21H23N3S.